The highest BCUT2D eigenvalue weighted by Gasteiger charge is 2.03. The van der Waals surface area contributed by atoms with Crippen molar-refractivity contribution in [1.82, 2.24) is 4.90 Å². The third-order valence-corrected chi connectivity index (χ3v) is 2.48. The Morgan fingerprint density at radius 1 is 1.58 bits per heavy atom. The summed E-state index contributed by atoms with van der Waals surface area (Å²) in [6.07, 6.45) is 1.56. The van der Waals surface area contributed by atoms with Gasteiger partial charge in [0.05, 0.1) is 12.5 Å². The molecule has 0 aliphatic carbocycles. The van der Waals surface area contributed by atoms with E-state index >= 15 is 0 Å². The monoisotopic (exact) mass is 191 g/mol. The third-order valence-electron chi connectivity index (χ3n) is 1.38. The van der Waals surface area contributed by atoms with E-state index in [2.05, 4.69) is 0 Å². The van der Waals surface area contributed by atoms with E-state index in [0.29, 0.717) is 18.8 Å². The molecule has 0 aromatic rings. The lowest BCUT2D eigenvalue weighted by Gasteiger charge is -2.12. The molecular weight excluding hydrogens is 174 g/mol. The van der Waals surface area contributed by atoms with Gasteiger partial charge in [-0.15, -0.1) is 0 Å². The van der Waals surface area contributed by atoms with Crippen molar-refractivity contribution in [1.29, 1.82) is 0 Å². The Kier molecular flexibility index (Phi) is 7.54. The molecule has 0 saturated heterocycles. The van der Waals surface area contributed by atoms with Crippen LogP contribution < -0.4 is 0 Å². The molecule has 0 radical (unpaired) electrons. The topological polar surface area (TPSA) is 40.5 Å². The highest BCUT2D eigenvalue weighted by Crippen LogP contribution is 2.07. The predicted molar refractivity (Wildman–Crippen MR) is 52.1 cm³/mol. The molecule has 0 aromatic heterocycles. The Bertz CT molecular complexity index is 130. The molecule has 0 unspecified atom stereocenters. The fourth-order valence-electron chi connectivity index (χ4n) is 0.694. The Hall–Kier alpha value is -0.0600. The van der Waals surface area contributed by atoms with Crippen molar-refractivity contribution in [3.63, 3.8) is 0 Å². The summed E-state index contributed by atoms with van der Waals surface area (Å²) >= 11 is 1.32. The quantitative estimate of drug-likeness (QED) is 0.634. The van der Waals surface area contributed by atoms with E-state index in [1.54, 1.807) is 0 Å². The second-order valence-corrected chi connectivity index (χ2v) is 3.70. The molecule has 0 rings (SSSR count). The minimum Gasteiger partial charge on any atom is -0.395 e. The highest BCUT2D eigenvalue weighted by atomic mass is 32.2. The molecule has 0 fully saturated rings. The van der Waals surface area contributed by atoms with Gasteiger partial charge < -0.3 is 5.11 Å². The van der Waals surface area contributed by atoms with Crippen molar-refractivity contribution in [3.05, 3.63) is 0 Å². The van der Waals surface area contributed by atoms with Gasteiger partial charge in [0, 0.05) is 13.0 Å². The van der Waals surface area contributed by atoms with Gasteiger partial charge in [0.25, 0.3) is 0 Å². The van der Waals surface area contributed by atoms with Gasteiger partial charge in [-0.25, -0.2) is 0 Å². The molecule has 12 heavy (non-hydrogen) atoms. The molecule has 4 heteroatoms. The van der Waals surface area contributed by atoms with Gasteiger partial charge in [-0.1, -0.05) is 18.7 Å². The zero-order chi connectivity index (χ0) is 9.40. The molecule has 0 aromatic carbocycles. The number of hydrogen-bond acceptors (Lipinski definition) is 4. The van der Waals surface area contributed by atoms with Gasteiger partial charge >= 0.3 is 0 Å². The first-order valence-corrected chi connectivity index (χ1v) is 5.14. The smallest absolute Gasteiger partial charge is 0.190 e. The van der Waals surface area contributed by atoms with Gasteiger partial charge in [-0.3, -0.25) is 9.69 Å². The van der Waals surface area contributed by atoms with Gasteiger partial charge in [0.15, 0.2) is 5.12 Å². The first kappa shape index (κ1) is 11.9. The zero-order valence-corrected chi connectivity index (χ0v) is 8.56. The SMILES string of the molecule is CCCC(=O)SCN(C)CCO. The number of nitrogens with zero attached hydrogens (tertiary/aromatic N) is 1. The van der Waals surface area contributed by atoms with Gasteiger partial charge in [0.2, 0.25) is 0 Å². The van der Waals surface area contributed by atoms with E-state index in [4.69, 9.17) is 5.11 Å². The number of aliphatic hydroxyl groups is 1. The van der Waals surface area contributed by atoms with E-state index in [9.17, 15) is 4.79 Å². The number of aliphatic hydroxyl groups excluding tert-OH is 1. The minimum absolute atomic E-state index is 0.152. The number of rotatable bonds is 6. The molecule has 72 valence electrons. The van der Waals surface area contributed by atoms with Crippen LogP contribution in [0, 0.1) is 0 Å². The van der Waals surface area contributed by atoms with Crippen LogP contribution in [-0.2, 0) is 4.79 Å². The summed E-state index contributed by atoms with van der Waals surface area (Å²) in [5, 5.41) is 8.81. The molecular formula is C8H17NO2S. The molecule has 0 aliphatic rings. The van der Waals surface area contributed by atoms with Gasteiger partial charge in [-0.05, 0) is 13.5 Å². The number of thioether (sulfide) groups is 1. The van der Waals surface area contributed by atoms with Crippen molar-refractivity contribution in [2.75, 3.05) is 26.1 Å². The van der Waals surface area contributed by atoms with E-state index < -0.39 is 0 Å². The van der Waals surface area contributed by atoms with Crippen molar-refractivity contribution in [2.24, 2.45) is 0 Å². The second kappa shape index (κ2) is 7.58. The molecule has 0 bridgehead atoms. The van der Waals surface area contributed by atoms with Crippen LogP contribution in [0.25, 0.3) is 0 Å². The van der Waals surface area contributed by atoms with Crippen LogP contribution in [0.3, 0.4) is 0 Å². The maximum Gasteiger partial charge on any atom is 0.190 e. The van der Waals surface area contributed by atoms with E-state index in [1.165, 1.54) is 11.8 Å². The summed E-state index contributed by atoms with van der Waals surface area (Å²) in [4.78, 5) is 13.0. The highest BCUT2D eigenvalue weighted by molar-refractivity contribution is 8.13. The van der Waals surface area contributed by atoms with E-state index in [1.807, 2.05) is 18.9 Å². The lowest BCUT2D eigenvalue weighted by Crippen LogP contribution is -2.22. The van der Waals surface area contributed by atoms with Crippen LogP contribution in [0.2, 0.25) is 0 Å². The molecule has 3 nitrogen and oxygen atoms in total. The summed E-state index contributed by atoms with van der Waals surface area (Å²) in [6.45, 7) is 2.78. The van der Waals surface area contributed by atoms with Crippen LogP contribution in [0.15, 0.2) is 0 Å². The third kappa shape index (κ3) is 6.64. The van der Waals surface area contributed by atoms with Gasteiger partial charge in [-0.2, -0.15) is 0 Å². The lowest BCUT2D eigenvalue weighted by atomic mass is 10.4. The van der Waals surface area contributed by atoms with E-state index in [-0.39, 0.29) is 11.7 Å². The average Bonchev–Trinajstić information content (AvgIpc) is 2.02. The molecule has 0 amide bonds. The summed E-state index contributed by atoms with van der Waals surface area (Å²) in [5.74, 6) is 0.680. The van der Waals surface area contributed by atoms with Crippen LogP contribution in [0.4, 0.5) is 0 Å². The average molecular weight is 191 g/mol. The van der Waals surface area contributed by atoms with Crippen LogP contribution in [0.1, 0.15) is 19.8 Å². The largest absolute Gasteiger partial charge is 0.395 e. The van der Waals surface area contributed by atoms with Crippen molar-refractivity contribution in [3.8, 4) is 0 Å². The molecule has 0 saturated carbocycles. The predicted octanol–water partition coefficient (Wildman–Crippen LogP) is 0.928. The Labute approximate surface area is 78.1 Å². The van der Waals surface area contributed by atoms with Crippen molar-refractivity contribution >= 4 is 16.9 Å². The number of likely N-dealkylation sites (N-methyl/N-ethyl adjacent to an activating group) is 1. The first-order chi connectivity index (χ1) is 5.70. The summed E-state index contributed by atoms with van der Waals surface area (Å²) in [6, 6.07) is 0. The maximum absolute atomic E-state index is 11.0. The van der Waals surface area contributed by atoms with Crippen LogP contribution >= 0.6 is 11.8 Å². The van der Waals surface area contributed by atoms with E-state index in [0.717, 1.165) is 6.42 Å². The maximum atomic E-state index is 11.0. The van der Waals surface area contributed by atoms with Crippen molar-refractivity contribution in [2.45, 2.75) is 19.8 Å². The normalized spacial score (nSPS) is 10.7. The fraction of sp³-hybridized carbons (Fsp3) is 0.875. The number of hydrogen-bond donors (Lipinski definition) is 1. The Morgan fingerprint density at radius 2 is 2.25 bits per heavy atom. The number of carbonyl (C=O) groups is 1. The fourth-order valence-corrected chi connectivity index (χ4v) is 1.54. The zero-order valence-electron chi connectivity index (χ0n) is 7.75. The number of carbonyl (C=O) groups excluding carboxylic acids is 1. The standard InChI is InChI=1S/C8H17NO2S/c1-3-4-8(11)12-7-9(2)5-6-10/h10H,3-7H2,1-2H3. The summed E-state index contributed by atoms with van der Waals surface area (Å²) in [7, 11) is 1.89. The van der Waals surface area contributed by atoms with Crippen molar-refractivity contribution < 1.29 is 9.90 Å². The summed E-state index contributed by atoms with van der Waals surface area (Å²) < 4.78 is 0. The van der Waals surface area contributed by atoms with Crippen LogP contribution in [-0.4, -0.2) is 41.2 Å². The minimum atomic E-state index is 0.152. The first-order valence-electron chi connectivity index (χ1n) is 4.15. The molecule has 1 N–H and O–H groups in total. The molecule has 0 heterocycles. The molecule has 0 spiro atoms. The lowest BCUT2D eigenvalue weighted by molar-refractivity contribution is -0.111. The van der Waals surface area contributed by atoms with Gasteiger partial charge in [0.1, 0.15) is 0 Å². The Morgan fingerprint density at radius 3 is 2.75 bits per heavy atom. The molecule has 0 aliphatic heterocycles. The summed E-state index contributed by atoms with van der Waals surface area (Å²) in [5.41, 5.74) is 0. The second-order valence-electron chi connectivity index (χ2n) is 2.70. The molecule has 0 atom stereocenters. The van der Waals surface area contributed by atoms with Crippen LogP contribution in [0.5, 0.6) is 0 Å². The Balaban J connectivity index is 3.33.